The number of hydrogen-bond acceptors (Lipinski definition) is 3. The quantitative estimate of drug-likeness (QED) is 0.616. The number of nitrogens with one attached hydrogen (secondary N) is 1. The van der Waals surface area contributed by atoms with Gasteiger partial charge in [-0.1, -0.05) is 17.7 Å². The van der Waals surface area contributed by atoms with Gasteiger partial charge in [-0.15, -0.1) is 0 Å². The summed E-state index contributed by atoms with van der Waals surface area (Å²) >= 11 is 1.67. The second kappa shape index (κ2) is 4.75. The molecule has 0 atom stereocenters. The molecular formula is C12H12N2S. The van der Waals surface area contributed by atoms with E-state index in [1.54, 1.807) is 11.3 Å². The van der Waals surface area contributed by atoms with Crippen LogP contribution in [0, 0.1) is 6.92 Å². The summed E-state index contributed by atoms with van der Waals surface area (Å²) in [4.78, 5) is 0. The predicted molar refractivity (Wildman–Crippen MR) is 66.7 cm³/mol. The van der Waals surface area contributed by atoms with E-state index in [4.69, 9.17) is 0 Å². The summed E-state index contributed by atoms with van der Waals surface area (Å²) in [6, 6.07) is 10.2. The van der Waals surface area contributed by atoms with Crippen LogP contribution in [0.4, 0.5) is 5.69 Å². The van der Waals surface area contributed by atoms with E-state index >= 15 is 0 Å². The van der Waals surface area contributed by atoms with E-state index in [9.17, 15) is 0 Å². The third-order valence-electron chi connectivity index (χ3n) is 2.00. The van der Waals surface area contributed by atoms with Crippen molar-refractivity contribution in [1.29, 1.82) is 0 Å². The molecule has 15 heavy (non-hydrogen) atoms. The van der Waals surface area contributed by atoms with Gasteiger partial charge < -0.3 is 0 Å². The van der Waals surface area contributed by atoms with Gasteiger partial charge in [0.15, 0.2) is 0 Å². The number of hydrazone groups is 1. The van der Waals surface area contributed by atoms with Gasteiger partial charge in [0, 0.05) is 5.56 Å². The Balaban J connectivity index is 1.96. The fourth-order valence-electron chi connectivity index (χ4n) is 1.16. The molecule has 0 saturated heterocycles. The molecule has 1 heterocycles. The van der Waals surface area contributed by atoms with Crippen molar-refractivity contribution in [3.8, 4) is 0 Å². The molecule has 1 N–H and O–H groups in total. The third kappa shape index (κ3) is 2.92. The molecule has 76 valence electrons. The molecule has 0 amide bonds. The maximum Gasteiger partial charge on any atom is 0.0561 e. The summed E-state index contributed by atoms with van der Waals surface area (Å²) in [6.07, 6.45) is 1.82. The Morgan fingerprint density at radius 1 is 1.20 bits per heavy atom. The molecule has 0 spiro atoms. The lowest BCUT2D eigenvalue weighted by Crippen LogP contribution is -1.89. The van der Waals surface area contributed by atoms with Gasteiger partial charge in [-0.2, -0.15) is 16.4 Å². The highest BCUT2D eigenvalue weighted by Crippen LogP contribution is 2.08. The van der Waals surface area contributed by atoms with Gasteiger partial charge in [-0.3, -0.25) is 5.43 Å². The van der Waals surface area contributed by atoms with Crippen LogP contribution < -0.4 is 5.43 Å². The van der Waals surface area contributed by atoms with Crippen LogP contribution in [0.3, 0.4) is 0 Å². The number of aryl methyl sites for hydroxylation is 1. The number of benzene rings is 1. The molecule has 0 saturated carbocycles. The van der Waals surface area contributed by atoms with E-state index in [-0.39, 0.29) is 0 Å². The first kappa shape index (κ1) is 9.93. The monoisotopic (exact) mass is 216 g/mol. The molecule has 2 rings (SSSR count). The van der Waals surface area contributed by atoms with Crippen molar-refractivity contribution in [2.45, 2.75) is 6.92 Å². The molecule has 1 aromatic carbocycles. The highest BCUT2D eigenvalue weighted by atomic mass is 32.1. The van der Waals surface area contributed by atoms with Crippen molar-refractivity contribution in [3.05, 3.63) is 52.2 Å². The van der Waals surface area contributed by atoms with Crippen molar-refractivity contribution < 1.29 is 0 Å². The second-order valence-electron chi connectivity index (χ2n) is 3.29. The van der Waals surface area contributed by atoms with Crippen LogP contribution in [0.25, 0.3) is 0 Å². The van der Waals surface area contributed by atoms with E-state index < -0.39 is 0 Å². The molecule has 0 radical (unpaired) electrons. The van der Waals surface area contributed by atoms with Crippen LogP contribution in [0.15, 0.2) is 46.2 Å². The lowest BCUT2D eigenvalue weighted by atomic mass is 10.2. The maximum atomic E-state index is 4.15. The summed E-state index contributed by atoms with van der Waals surface area (Å²) in [5.74, 6) is 0. The van der Waals surface area contributed by atoms with Gasteiger partial charge in [0.2, 0.25) is 0 Å². The Labute approximate surface area is 93.3 Å². The summed E-state index contributed by atoms with van der Waals surface area (Å²) < 4.78 is 0. The van der Waals surface area contributed by atoms with Crippen LogP contribution in [-0.2, 0) is 0 Å². The largest absolute Gasteiger partial charge is 0.279 e. The molecule has 1 aromatic heterocycles. The summed E-state index contributed by atoms with van der Waals surface area (Å²) in [6.45, 7) is 2.07. The first-order chi connectivity index (χ1) is 7.34. The standard InChI is InChI=1S/C12H12N2S/c1-10-2-4-12(5-3-10)14-13-8-11-6-7-15-9-11/h2-9,14H,1H3/b13-8-. The first-order valence-corrected chi connectivity index (χ1v) is 5.67. The van der Waals surface area contributed by atoms with Crippen LogP contribution in [0.1, 0.15) is 11.1 Å². The van der Waals surface area contributed by atoms with Crippen molar-refractivity contribution in [2.24, 2.45) is 5.10 Å². The average molecular weight is 216 g/mol. The highest BCUT2D eigenvalue weighted by molar-refractivity contribution is 7.08. The summed E-state index contributed by atoms with van der Waals surface area (Å²) in [7, 11) is 0. The lowest BCUT2D eigenvalue weighted by molar-refractivity contribution is 1.34. The molecule has 2 aromatic rings. The summed E-state index contributed by atoms with van der Waals surface area (Å²) in [5, 5.41) is 8.24. The number of nitrogens with zero attached hydrogens (tertiary/aromatic N) is 1. The zero-order valence-electron chi connectivity index (χ0n) is 8.47. The van der Waals surface area contributed by atoms with Gasteiger partial charge >= 0.3 is 0 Å². The van der Waals surface area contributed by atoms with Crippen molar-refractivity contribution in [3.63, 3.8) is 0 Å². The third-order valence-corrected chi connectivity index (χ3v) is 2.70. The zero-order chi connectivity index (χ0) is 10.5. The molecule has 3 heteroatoms. The number of thiophene rings is 1. The Kier molecular flexibility index (Phi) is 3.15. The van der Waals surface area contributed by atoms with Crippen molar-refractivity contribution >= 4 is 23.2 Å². The Hall–Kier alpha value is -1.61. The zero-order valence-corrected chi connectivity index (χ0v) is 9.29. The molecular weight excluding hydrogens is 204 g/mol. The van der Waals surface area contributed by atoms with Crippen LogP contribution in [-0.4, -0.2) is 6.21 Å². The Bertz CT molecular complexity index is 429. The first-order valence-electron chi connectivity index (χ1n) is 4.72. The summed E-state index contributed by atoms with van der Waals surface area (Å²) in [5.41, 5.74) is 6.37. The Morgan fingerprint density at radius 3 is 2.67 bits per heavy atom. The molecule has 0 fully saturated rings. The normalized spacial score (nSPS) is 10.7. The van der Waals surface area contributed by atoms with Crippen LogP contribution in [0.2, 0.25) is 0 Å². The van der Waals surface area contributed by atoms with Crippen LogP contribution in [0.5, 0.6) is 0 Å². The number of hydrogen-bond donors (Lipinski definition) is 1. The van der Waals surface area contributed by atoms with Crippen molar-refractivity contribution in [1.82, 2.24) is 0 Å². The molecule has 0 aliphatic rings. The molecule has 2 nitrogen and oxygen atoms in total. The maximum absolute atomic E-state index is 4.15. The van der Waals surface area contributed by atoms with E-state index in [0.717, 1.165) is 11.3 Å². The van der Waals surface area contributed by atoms with Crippen molar-refractivity contribution in [2.75, 3.05) is 5.43 Å². The van der Waals surface area contributed by atoms with E-state index in [1.165, 1.54) is 5.56 Å². The van der Waals surface area contributed by atoms with Crippen LogP contribution >= 0.6 is 11.3 Å². The van der Waals surface area contributed by atoms with Gasteiger partial charge in [0.05, 0.1) is 11.9 Å². The predicted octanol–water partition coefficient (Wildman–Crippen LogP) is 3.50. The van der Waals surface area contributed by atoms with Gasteiger partial charge in [0.25, 0.3) is 0 Å². The highest BCUT2D eigenvalue weighted by Gasteiger charge is 1.88. The lowest BCUT2D eigenvalue weighted by Gasteiger charge is -1.99. The molecule has 0 unspecified atom stereocenters. The van der Waals surface area contributed by atoms with Gasteiger partial charge in [-0.05, 0) is 35.9 Å². The second-order valence-corrected chi connectivity index (χ2v) is 4.07. The minimum absolute atomic E-state index is 1.01. The number of anilines is 1. The smallest absolute Gasteiger partial charge is 0.0561 e. The topological polar surface area (TPSA) is 24.4 Å². The number of rotatable bonds is 3. The minimum atomic E-state index is 1.01. The average Bonchev–Trinajstić information content (AvgIpc) is 2.74. The van der Waals surface area contributed by atoms with E-state index in [2.05, 4.69) is 35.0 Å². The minimum Gasteiger partial charge on any atom is -0.279 e. The van der Waals surface area contributed by atoms with Gasteiger partial charge in [-0.25, -0.2) is 0 Å². The van der Waals surface area contributed by atoms with Gasteiger partial charge in [0.1, 0.15) is 0 Å². The SMILES string of the molecule is Cc1ccc(N/N=C\c2ccsc2)cc1. The Morgan fingerprint density at radius 2 is 2.00 bits per heavy atom. The fourth-order valence-corrected chi connectivity index (χ4v) is 1.77. The van der Waals surface area contributed by atoms with E-state index in [0.29, 0.717) is 0 Å². The molecule has 0 aliphatic heterocycles. The molecule has 0 bridgehead atoms. The van der Waals surface area contributed by atoms with E-state index in [1.807, 2.05) is 29.8 Å². The molecule has 0 aliphatic carbocycles. The fraction of sp³-hybridized carbons (Fsp3) is 0.0833.